The number of rotatable bonds is 0. The maximum absolute atomic E-state index is 6.36. The topological polar surface area (TPSA) is 22.1 Å². The van der Waals surface area contributed by atoms with Crippen molar-refractivity contribution in [3.8, 4) is 0 Å². The Morgan fingerprint density at radius 1 is 1.12 bits per heavy atom. The van der Waals surface area contributed by atoms with Crippen LogP contribution in [0.3, 0.4) is 0 Å². The quantitative estimate of drug-likeness (QED) is 0.722. The molecule has 0 atom stereocenters. The Hall–Kier alpha value is -0.540. The third kappa shape index (κ3) is 1.80. The second-order valence-electron chi connectivity index (χ2n) is 3.91. The molecule has 88 valence electrons. The highest BCUT2D eigenvalue weighted by molar-refractivity contribution is 6.46. The molecule has 0 bridgehead atoms. The molecule has 0 unspecified atom stereocenters. The van der Waals surface area contributed by atoms with Gasteiger partial charge in [0, 0.05) is 17.4 Å². The van der Waals surface area contributed by atoms with Crippen LogP contribution < -0.4 is 0 Å². The molecular formula is C12H8Cl3NO. The highest BCUT2D eigenvalue weighted by Crippen LogP contribution is 2.36. The standard InChI is InChI=1S/C12H8Cl3NO/c13-8-2-1-6-10(14)7-5-17-4-3-9(7)16-12(6)11(8)15/h1-2H,3-5H2. The maximum atomic E-state index is 6.36. The predicted octanol–water partition coefficient (Wildman–Crippen LogP) is 4.27. The summed E-state index contributed by atoms with van der Waals surface area (Å²) in [5.41, 5.74) is 2.59. The van der Waals surface area contributed by atoms with Crippen molar-refractivity contribution in [2.24, 2.45) is 0 Å². The van der Waals surface area contributed by atoms with Gasteiger partial charge in [-0.3, -0.25) is 4.98 Å². The third-order valence-electron chi connectivity index (χ3n) is 2.90. The molecule has 17 heavy (non-hydrogen) atoms. The summed E-state index contributed by atoms with van der Waals surface area (Å²) in [4.78, 5) is 4.56. The van der Waals surface area contributed by atoms with Crippen LogP contribution in [0.15, 0.2) is 12.1 Å². The van der Waals surface area contributed by atoms with Crippen LogP contribution in [0.4, 0.5) is 0 Å². The van der Waals surface area contributed by atoms with Gasteiger partial charge < -0.3 is 4.74 Å². The van der Waals surface area contributed by atoms with E-state index in [9.17, 15) is 0 Å². The molecule has 0 saturated carbocycles. The maximum Gasteiger partial charge on any atom is 0.0921 e. The molecule has 0 spiro atoms. The van der Waals surface area contributed by atoms with Crippen LogP contribution in [-0.4, -0.2) is 11.6 Å². The molecule has 0 N–H and O–H groups in total. The summed E-state index contributed by atoms with van der Waals surface area (Å²) in [6.07, 6.45) is 0.758. The number of hydrogen-bond donors (Lipinski definition) is 0. The SMILES string of the molecule is Clc1ccc2c(Cl)c3c(nc2c1Cl)CCOC3. The van der Waals surface area contributed by atoms with Gasteiger partial charge in [0.1, 0.15) is 0 Å². The predicted molar refractivity (Wildman–Crippen MR) is 70.1 cm³/mol. The van der Waals surface area contributed by atoms with Gasteiger partial charge in [0.25, 0.3) is 0 Å². The van der Waals surface area contributed by atoms with E-state index in [4.69, 9.17) is 39.5 Å². The number of nitrogens with zero attached hydrogens (tertiary/aromatic N) is 1. The van der Waals surface area contributed by atoms with E-state index in [0.717, 1.165) is 23.1 Å². The number of pyridine rings is 1. The van der Waals surface area contributed by atoms with Gasteiger partial charge in [0.2, 0.25) is 0 Å². The molecule has 1 aromatic heterocycles. The van der Waals surface area contributed by atoms with Gasteiger partial charge >= 0.3 is 0 Å². The molecule has 0 radical (unpaired) electrons. The van der Waals surface area contributed by atoms with Gasteiger partial charge in [0.15, 0.2) is 0 Å². The molecule has 2 heterocycles. The van der Waals surface area contributed by atoms with Gasteiger partial charge in [-0.05, 0) is 12.1 Å². The normalized spacial score (nSPS) is 15.0. The van der Waals surface area contributed by atoms with Crippen molar-refractivity contribution in [3.05, 3.63) is 38.5 Å². The molecule has 0 aliphatic carbocycles. The Labute approximate surface area is 113 Å². The Kier molecular flexibility index (Phi) is 2.91. The fraction of sp³-hybridized carbons (Fsp3) is 0.250. The Morgan fingerprint density at radius 2 is 1.94 bits per heavy atom. The molecule has 0 saturated heterocycles. The first-order valence-electron chi connectivity index (χ1n) is 5.21. The van der Waals surface area contributed by atoms with Crippen LogP contribution in [-0.2, 0) is 17.8 Å². The smallest absolute Gasteiger partial charge is 0.0921 e. The number of hydrogen-bond acceptors (Lipinski definition) is 2. The number of ether oxygens (including phenoxy) is 1. The summed E-state index contributed by atoms with van der Waals surface area (Å²) in [7, 11) is 0. The van der Waals surface area contributed by atoms with Gasteiger partial charge in [0.05, 0.1) is 39.5 Å². The Balaban J connectivity index is 2.40. The fourth-order valence-corrected chi connectivity index (χ4v) is 2.69. The largest absolute Gasteiger partial charge is 0.376 e. The summed E-state index contributed by atoms with van der Waals surface area (Å²) in [5, 5.41) is 2.45. The van der Waals surface area contributed by atoms with Gasteiger partial charge in [-0.15, -0.1) is 0 Å². The summed E-state index contributed by atoms with van der Waals surface area (Å²) >= 11 is 18.5. The Bertz CT molecular complexity index is 612. The molecule has 1 aliphatic heterocycles. The van der Waals surface area contributed by atoms with Crippen molar-refractivity contribution < 1.29 is 4.74 Å². The lowest BCUT2D eigenvalue weighted by molar-refractivity contribution is 0.109. The van der Waals surface area contributed by atoms with E-state index >= 15 is 0 Å². The molecule has 1 aliphatic rings. The monoisotopic (exact) mass is 287 g/mol. The van der Waals surface area contributed by atoms with Crippen LogP contribution in [0.25, 0.3) is 10.9 Å². The second-order valence-corrected chi connectivity index (χ2v) is 5.07. The van der Waals surface area contributed by atoms with E-state index in [1.54, 1.807) is 6.07 Å². The minimum absolute atomic E-state index is 0.459. The molecular weight excluding hydrogens is 280 g/mol. The summed E-state index contributed by atoms with van der Waals surface area (Å²) < 4.78 is 5.40. The fourth-order valence-electron chi connectivity index (χ4n) is 2.01. The number of halogens is 3. The van der Waals surface area contributed by atoms with Crippen LogP contribution in [0, 0.1) is 0 Å². The average molecular weight is 289 g/mol. The molecule has 0 fully saturated rings. The molecule has 0 amide bonds. The summed E-state index contributed by atoms with van der Waals surface area (Å²) in [6, 6.07) is 3.57. The first-order valence-corrected chi connectivity index (χ1v) is 6.34. The van der Waals surface area contributed by atoms with Crippen LogP contribution in [0.5, 0.6) is 0 Å². The number of aromatic nitrogens is 1. The molecule has 5 heteroatoms. The van der Waals surface area contributed by atoms with Crippen molar-refractivity contribution in [2.75, 3.05) is 6.61 Å². The van der Waals surface area contributed by atoms with E-state index in [1.165, 1.54) is 0 Å². The average Bonchev–Trinajstić information content (AvgIpc) is 2.35. The van der Waals surface area contributed by atoms with Gasteiger partial charge in [-0.2, -0.15) is 0 Å². The minimum Gasteiger partial charge on any atom is -0.376 e. The van der Waals surface area contributed by atoms with Crippen molar-refractivity contribution in [1.82, 2.24) is 4.98 Å². The highest BCUT2D eigenvalue weighted by atomic mass is 35.5. The Morgan fingerprint density at radius 3 is 2.76 bits per heavy atom. The summed E-state index contributed by atoms with van der Waals surface area (Å²) in [5.74, 6) is 0. The van der Waals surface area contributed by atoms with Crippen molar-refractivity contribution >= 4 is 45.7 Å². The lowest BCUT2D eigenvalue weighted by atomic mass is 10.1. The zero-order valence-corrected chi connectivity index (χ0v) is 11.0. The summed E-state index contributed by atoms with van der Waals surface area (Å²) in [6.45, 7) is 1.18. The van der Waals surface area contributed by atoms with Gasteiger partial charge in [-0.1, -0.05) is 34.8 Å². The van der Waals surface area contributed by atoms with Crippen molar-refractivity contribution in [2.45, 2.75) is 13.0 Å². The zero-order chi connectivity index (χ0) is 12.0. The third-order valence-corrected chi connectivity index (χ3v) is 4.12. The molecule has 2 aromatic rings. The van der Waals surface area contributed by atoms with Crippen LogP contribution >= 0.6 is 34.8 Å². The van der Waals surface area contributed by atoms with Crippen molar-refractivity contribution in [1.29, 1.82) is 0 Å². The van der Waals surface area contributed by atoms with E-state index in [1.807, 2.05) is 6.07 Å². The molecule has 3 rings (SSSR count). The number of benzene rings is 1. The van der Waals surface area contributed by atoms with Crippen LogP contribution in [0.1, 0.15) is 11.3 Å². The van der Waals surface area contributed by atoms with E-state index < -0.39 is 0 Å². The molecule has 2 nitrogen and oxygen atoms in total. The number of fused-ring (bicyclic) bond motifs is 2. The first-order chi connectivity index (χ1) is 8.18. The van der Waals surface area contributed by atoms with E-state index in [-0.39, 0.29) is 0 Å². The minimum atomic E-state index is 0.459. The van der Waals surface area contributed by atoms with E-state index in [2.05, 4.69) is 4.98 Å². The first kappa shape index (κ1) is 11.5. The van der Waals surface area contributed by atoms with Gasteiger partial charge in [-0.25, -0.2) is 0 Å². The zero-order valence-electron chi connectivity index (χ0n) is 8.77. The second kappa shape index (κ2) is 4.29. The van der Waals surface area contributed by atoms with Crippen molar-refractivity contribution in [3.63, 3.8) is 0 Å². The lowest BCUT2D eigenvalue weighted by Crippen LogP contribution is -2.12. The lowest BCUT2D eigenvalue weighted by Gasteiger charge is -2.18. The van der Waals surface area contributed by atoms with E-state index in [0.29, 0.717) is 33.8 Å². The molecule has 1 aromatic carbocycles. The van der Waals surface area contributed by atoms with Crippen LogP contribution in [0.2, 0.25) is 15.1 Å². The highest BCUT2D eigenvalue weighted by Gasteiger charge is 2.19.